The van der Waals surface area contributed by atoms with Crippen LogP contribution in [0.1, 0.15) is 45.1 Å². The highest BCUT2D eigenvalue weighted by Gasteiger charge is 2.06. The van der Waals surface area contributed by atoms with Gasteiger partial charge in [-0.25, -0.2) is 0 Å². The number of benzene rings is 1. The third kappa shape index (κ3) is 4.91. The fourth-order valence-corrected chi connectivity index (χ4v) is 1.74. The first-order chi connectivity index (χ1) is 8.30. The van der Waals surface area contributed by atoms with Crippen LogP contribution in [0, 0.1) is 17.2 Å². The largest absolute Gasteiger partial charge is 0.493 e. The average Bonchev–Trinajstić information content (AvgIpc) is 2.39. The topological polar surface area (TPSA) is 33.0 Å². The van der Waals surface area contributed by atoms with Crippen molar-refractivity contribution in [1.29, 1.82) is 5.26 Å². The molecule has 1 aromatic carbocycles. The second-order valence-corrected chi connectivity index (χ2v) is 4.36. The lowest BCUT2D eigenvalue weighted by Gasteiger charge is -2.15. The summed E-state index contributed by atoms with van der Waals surface area (Å²) in [6.45, 7) is 5.21. The van der Waals surface area contributed by atoms with E-state index in [2.05, 4.69) is 19.9 Å². The van der Waals surface area contributed by atoms with Gasteiger partial charge in [0.15, 0.2) is 0 Å². The Labute approximate surface area is 104 Å². The minimum Gasteiger partial charge on any atom is -0.493 e. The molecule has 0 aliphatic heterocycles. The van der Waals surface area contributed by atoms with E-state index < -0.39 is 0 Å². The van der Waals surface area contributed by atoms with Crippen molar-refractivity contribution in [2.45, 2.75) is 39.5 Å². The van der Waals surface area contributed by atoms with Gasteiger partial charge in [0.05, 0.1) is 18.2 Å². The molecule has 0 saturated carbocycles. The summed E-state index contributed by atoms with van der Waals surface area (Å²) in [6.07, 6.45) is 4.92. The third-order valence-corrected chi connectivity index (χ3v) is 3.01. The van der Waals surface area contributed by atoms with Crippen LogP contribution in [0.15, 0.2) is 24.3 Å². The molecule has 0 amide bonds. The number of hydrogen-bond donors (Lipinski definition) is 0. The molecule has 0 heterocycles. The summed E-state index contributed by atoms with van der Waals surface area (Å²) in [5, 5.41) is 8.69. The van der Waals surface area contributed by atoms with Crippen molar-refractivity contribution >= 4 is 0 Å². The van der Waals surface area contributed by atoms with Crippen LogP contribution in [0.5, 0.6) is 5.75 Å². The molecule has 0 bridgehead atoms. The predicted octanol–water partition coefficient (Wildman–Crippen LogP) is 4.15. The summed E-state index contributed by atoms with van der Waals surface area (Å²) < 4.78 is 5.75. The smallest absolute Gasteiger partial charge is 0.119 e. The van der Waals surface area contributed by atoms with E-state index in [9.17, 15) is 0 Å². The number of rotatable bonds is 7. The highest BCUT2D eigenvalue weighted by atomic mass is 16.5. The Morgan fingerprint density at radius 3 is 2.47 bits per heavy atom. The quantitative estimate of drug-likeness (QED) is 0.706. The number of ether oxygens (including phenoxy) is 1. The van der Waals surface area contributed by atoms with Crippen LogP contribution in [-0.4, -0.2) is 6.61 Å². The van der Waals surface area contributed by atoms with Gasteiger partial charge in [-0.15, -0.1) is 0 Å². The Bertz CT molecular complexity index is 350. The minimum atomic E-state index is 0.644. The van der Waals surface area contributed by atoms with Crippen molar-refractivity contribution in [2.24, 2.45) is 5.92 Å². The first-order valence-electron chi connectivity index (χ1n) is 6.43. The van der Waals surface area contributed by atoms with Gasteiger partial charge in [-0.05, 0) is 36.6 Å². The molecule has 1 rings (SSSR count). The second kappa shape index (κ2) is 7.73. The zero-order valence-electron chi connectivity index (χ0n) is 10.8. The summed E-state index contributed by atoms with van der Waals surface area (Å²) in [5.41, 5.74) is 0.676. The molecule has 1 aromatic rings. The first-order valence-corrected chi connectivity index (χ1v) is 6.43. The van der Waals surface area contributed by atoms with E-state index >= 15 is 0 Å². The molecule has 1 unspecified atom stereocenters. The molecular formula is C15H21NO. The van der Waals surface area contributed by atoms with Crippen molar-refractivity contribution in [1.82, 2.24) is 0 Å². The van der Waals surface area contributed by atoms with Gasteiger partial charge in [0.25, 0.3) is 0 Å². The molecule has 0 fully saturated rings. The SMILES string of the molecule is CCCCC(CC)COc1ccc(C#N)cc1. The average molecular weight is 231 g/mol. The molecule has 0 spiro atoms. The van der Waals surface area contributed by atoms with E-state index in [1.54, 1.807) is 12.1 Å². The molecule has 92 valence electrons. The van der Waals surface area contributed by atoms with Crippen LogP contribution in [0.2, 0.25) is 0 Å². The van der Waals surface area contributed by atoms with Crippen LogP contribution in [-0.2, 0) is 0 Å². The standard InChI is InChI=1S/C15H21NO/c1-3-5-6-13(4-2)12-17-15-9-7-14(11-16)8-10-15/h7-10,13H,3-6,12H2,1-2H3. The zero-order valence-corrected chi connectivity index (χ0v) is 10.8. The lowest BCUT2D eigenvalue weighted by Crippen LogP contribution is -2.11. The van der Waals surface area contributed by atoms with Gasteiger partial charge < -0.3 is 4.74 Å². The Balaban J connectivity index is 2.40. The van der Waals surface area contributed by atoms with Crippen molar-refractivity contribution in [3.63, 3.8) is 0 Å². The molecule has 0 N–H and O–H groups in total. The highest BCUT2D eigenvalue weighted by molar-refractivity contribution is 5.34. The lowest BCUT2D eigenvalue weighted by molar-refractivity contribution is 0.233. The monoisotopic (exact) mass is 231 g/mol. The van der Waals surface area contributed by atoms with E-state index in [4.69, 9.17) is 10.00 Å². The summed E-state index contributed by atoms with van der Waals surface area (Å²) in [6, 6.07) is 9.42. The first kappa shape index (κ1) is 13.6. The highest BCUT2D eigenvalue weighted by Crippen LogP contribution is 2.17. The van der Waals surface area contributed by atoms with Crippen LogP contribution < -0.4 is 4.74 Å². The van der Waals surface area contributed by atoms with E-state index in [-0.39, 0.29) is 0 Å². The Hall–Kier alpha value is -1.49. The van der Waals surface area contributed by atoms with E-state index in [1.165, 1.54) is 19.3 Å². The maximum atomic E-state index is 8.69. The van der Waals surface area contributed by atoms with E-state index in [0.717, 1.165) is 18.8 Å². The second-order valence-electron chi connectivity index (χ2n) is 4.36. The van der Waals surface area contributed by atoms with Gasteiger partial charge in [0.1, 0.15) is 5.75 Å². The van der Waals surface area contributed by atoms with Crippen LogP contribution in [0.3, 0.4) is 0 Å². The Morgan fingerprint density at radius 2 is 1.94 bits per heavy atom. The summed E-state index contributed by atoms with van der Waals surface area (Å²) >= 11 is 0. The predicted molar refractivity (Wildman–Crippen MR) is 70.0 cm³/mol. The number of nitriles is 1. The van der Waals surface area contributed by atoms with Crippen LogP contribution in [0.25, 0.3) is 0 Å². The van der Waals surface area contributed by atoms with Gasteiger partial charge in [-0.3, -0.25) is 0 Å². The minimum absolute atomic E-state index is 0.644. The molecular weight excluding hydrogens is 210 g/mol. The normalized spacial score (nSPS) is 11.8. The van der Waals surface area contributed by atoms with Crippen molar-refractivity contribution in [2.75, 3.05) is 6.61 Å². The molecule has 17 heavy (non-hydrogen) atoms. The summed E-state index contributed by atoms with van der Waals surface area (Å²) in [7, 11) is 0. The third-order valence-electron chi connectivity index (χ3n) is 3.01. The Kier molecular flexibility index (Phi) is 6.17. The number of unbranched alkanes of at least 4 members (excludes halogenated alkanes) is 1. The van der Waals surface area contributed by atoms with Crippen LogP contribution >= 0.6 is 0 Å². The number of hydrogen-bond acceptors (Lipinski definition) is 2. The van der Waals surface area contributed by atoms with Gasteiger partial charge in [0, 0.05) is 0 Å². The van der Waals surface area contributed by atoms with E-state index in [1.807, 2.05) is 12.1 Å². The molecule has 2 nitrogen and oxygen atoms in total. The van der Waals surface area contributed by atoms with Gasteiger partial charge in [0.2, 0.25) is 0 Å². The summed E-state index contributed by atoms with van der Waals surface area (Å²) in [5.74, 6) is 1.50. The molecule has 0 radical (unpaired) electrons. The van der Waals surface area contributed by atoms with Gasteiger partial charge in [-0.2, -0.15) is 5.26 Å². The summed E-state index contributed by atoms with van der Waals surface area (Å²) in [4.78, 5) is 0. The Morgan fingerprint density at radius 1 is 1.24 bits per heavy atom. The van der Waals surface area contributed by atoms with Crippen LogP contribution in [0.4, 0.5) is 0 Å². The maximum absolute atomic E-state index is 8.69. The van der Waals surface area contributed by atoms with Crippen molar-refractivity contribution < 1.29 is 4.74 Å². The lowest BCUT2D eigenvalue weighted by atomic mass is 10.0. The zero-order chi connectivity index (χ0) is 12.5. The fourth-order valence-electron chi connectivity index (χ4n) is 1.74. The van der Waals surface area contributed by atoms with E-state index in [0.29, 0.717) is 11.5 Å². The molecule has 0 aliphatic rings. The molecule has 0 aliphatic carbocycles. The molecule has 0 saturated heterocycles. The number of nitrogens with zero attached hydrogens (tertiary/aromatic N) is 1. The fraction of sp³-hybridized carbons (Fsp3) is 0.533. The molecule has 2 heteroatoms. The van der Waals surface area contributed by atoms with Crippen molar-refractivity contribution in [3.05, 3.63) is 29.8 Å². The molecule has 0 aromatic heterocycles. The molecule has 1 atom stereocenters. The van der Waals surface area contributed by atoms with Crippen molar-refractivity contribution in [3.8, 4) is 11.8 Å². The van der Waals surface area contributed by atoms with Gasteiger partial charge >= 0.3 is 0 Å². The maximum Gasteiger partial charge on any atom is 0.119 e. The van der Waals surface area contributed by atoms with Gasteiger partial charge in [-0.1, -0.05) is 33.1 Å².